The highest BCUT2D eigenvalue weighted by atomic mass is 79.9. The van der Waals surface area contributed by atoms with E-state index in [1.165, 1.54) is 0 Å². The van der Waals surface area contributed by atoms with E-state index in [2.05, 4.69) is 37.0 Å². The number of anilines is 2. The summed E-state index contributed by atoms with van der Waals surface area (Å²) in [6.45, 7) is 0.492. The lowest BCUT2D eigenvalue weighted by molar-refractivity contribution is 0.250. The van der Waals surface area contributed by atoms with E-state index in [1.54, 1.807) is 10.7 Å². The first-order valence-electron chi connectivity index (χ1n) is 13.3. The van der Waals surface area contributed by atoms with Gasteiger partial charge in [-0.1, -0.05) is 103 Å². The maximum atomic E-state index is 13.1. The molecule has 0 aliphatic carbocycles. The summed E-state index contributed by atoms with van der Waals surface area (Å²) in [4.78, 5) is 17.9. The third kappa shape index (κ3) is 6.15. The smallest absolute Gasteiger partial charge is 0.319 e. The lowest BCUT2D eigenvalue weighted by Gasteiger charge is -2.20. The normalized spacial score (nSPS) is 11.0. The number of nitrogens with zero attached hydrogens (tertiary/aromatic N) is 3. The fourth-order valence-electron chi connectivity index (χ4n) is 4.77. The molecule has 7 nitrogen and oxygen atoms in total. The minimum atomic E-state index is -0.292. The van der Waals surface area contributed by atoms with Crippen molar-refractivity contribution in [3.63, 3.8) is 0 Å². The standard InChI is InChI=1S/C33H26BrClN6O/c34-27-21-37-41-30(19-29(39-32(27)41)26-16-7-8-17-28(26)35)36-20-22-10-9-15-25(18-22)38-33(42)40-31(23-11-3-1-4-12-23)24-13-5-2-6-14-24/h1-19,21,31,36H,20H2,(H2,38,40,42). The van der Waals surface area contributed by atoms with Crippen LogP contribution < -0.4 is 16.0 Å². The highest BCUT2D eigenvalue weighted by Gasteiger charge is 2.17. The number of urea groups is 1. The molecule has 42 heavy (non-hydrogen) atoms. The van der Waals surface area contributed by atoms with Gasteiger partial charge in [0, 0.05) is 28.9 Å². The number of halogens is 2. The van der Waals surface area contributed by atoms with E-state index in [4.69, 9.17) is 16.6 Å². The van der Waals surface area contributed by atoms with E-state index in [0.29, 0.717) is 22.9 Å². The molecule has 0 aliphatic heterocycles. The number of hydrogen-bond donors (Lipinski definition) is 3. The largest absolute Gasteiger partial charge is 0.366 e. The van der Waals surface area contributed by atoms with Crippen molar-refractivity contribution in [3.05, 3.63) is 148 Å². The van der Waals surface area contributed by atoms with Crippen LogP contribution >= 0.6 is 27.5 Å². The number of carbonyl (C=O) groups excluding carboxylic acids is 1. The van der Waals surface area contributed by atoms with Crippen LogP contribution in [-0.4, -0.2) is 20.6 Å². The first-order valence-corrected chi connectivity index (χ1v) is 14.5. The number of nitrogens with one attached hydrogen (secondary N) is 3. The van der Waals surface area contributed by atoms with E-state index in [9.17, 15) is 4.79 Å². The molecule has 0 bridgehead atoms. The van der Waals surface area contributed by atoms with Crippen LogP contribution in [0, 0.1) is 0 Å². The molecule has 0 saturated carbocycles. The predicted molar refractivity (Wildman–Crippen MR) is 172 cm³/mol. The van der Waals surface area contributed by atoms with Gasteiger partial charge in [-0.25, -0.2) is 9.78 Å². The Labute approximate surface area is 256 Å². The minimum Gasteiger partial charge on any atom is -0.366 e. The lowest BCUT2D eigenvalue weighted by atomic mass is 9.99. The number of fused-ring (bicyclic) bond motifs is 1. The van der Waals surface area contributed by atoms with Crippen molar-refractivity contribution in [2.45, 2.75) is 12.6 Å². The second kappa shape index (κ2) is 12.5. The molecule has 0 fully saturated rings. The van der Waals surface area contributed by atoms with Gasteiger partial charge in [-0.3, -0.25) is 0 Å². The van der Waals surface area contributed by atoms with Crippen molar-refractivity contribution in [1.82, 2.24) is 19.9 Å². The number of aromatic nitrogens is 3. The van der Waals surface area contributed by atoms with E-state index < -0.39 is 0 Å². The van der Waals surface area contributed by atoms with Crippen LogP contribution in [-0.2, 0) is 6.54 Å². The molecule has 0 atom stereocenters. The van der Waals surface area contributed by atoms with Crippen molar-refractivity contribution in [2.24, 2.45) is 0 Å². The molecule has 0 aliphatic rings. The maximum absolute atomic E-state index is 13.1. The van der Waals surface area contributed by atoms with Gasteiger partial charge in [0.1, 0.15) is 5.82 Å². The Bertz CT molecular complexity index is 1810. The van der Waals surface area contributed by atoms with Gasteiger partial charge in [0.25, 0.3) is 0 Å². The van der Waals surface area contributed by atoms with Crippen molar-refractivity contribution < 1.29 is 4.79 Å². The van der Waals surface area contributed by atoms with Gasteiger partial charge in [-0.2, -0.15) is 9.61 Å². The summed E-state index contributed by atoms with van der Waals surface area (Å²) in [6, 6.07) is 36.5. The van der Waals surface area contributed by atoms with E-state index in [0.717, 1.165) is 38.2 Å². The molecule has 6 rings (SSSR count). The van der Waals surface area contributed by atoms with Gasteiger partial charge in [-0.05, 0) is 50.8 Å². The molecule has 0 saturated heterocycles. The molecule has 0 unspecified atom stereocenters. The molecule has 9 heteroatoms. The molecule has 2 aromatic heterocycles. The number of hydrogen-bond acceptors (Lipinski definition) is 4. The van der Waals surface area contributed by atoms with Gasteiger partial charge < -0.3 is 16.0 Å². The van der Waals surface area contributed by atoms with Crippen LogP contribution in [0.1, 0.15) is 22.7 Å². The summed E-state index contributed by atoms with van der Waals surface area (Å²) in [5, 5.41) is 14.7. The third-order valence-electron chi connectivity index (χ3n) is 6.78. The van der Waals surface area contributed by atoms with E-state index in [-0.39, 0.29) is 12.1 Å². The van der Waals surface area contributed by atoms with Crippen LogP contribution in [0.2, 0.25) is 5.02 Å². The van der Waals surface area contributed by atoms with Crippen LogP contribution in [0.4, 0.5) is 16.3 Å². The zero-order valence-electron chi connectivity index (χ0n) is 22.3. The van der Waals surface area contributed by atoms with Crippen molar-refractivity contribution in [3.8, 4) is 11.3 Å². The van der Waals surface area contributed by atoms with E-state index >= 15 is 0 Å². The third-order valence-corrected chi connectivity index (χ3v) is 7.67. The lowest BCUT2D eigenvalue weighted by Crippen LogP contribution is -2.33. The summed E-state index contributed by atoms with van der Waals surface area (Å²) in [6.07, 6.45) is 1.71. The molecule has 208 valence electrons. The highest BCUT2D eigenvalue weighted by Crippen LogP contribution is 2.30. The number of rotatable bonds is 8. The zero-order valence-corrected chi connectivity index (χ0v) is 24.7. The molecule has 0 spiro atoms. The van der Waals surface area contributed by atoms with Gasteiger partial charge in [0.2, 0.25) is 0 Å². The summed E-state index contributed by atoms with van der Waals surface area (Å²) in [7, 11) is 0. The Morgan fingerprint density at radius 2 is 1.55 bits per heavy atom. The van der Waals surface area contributed by atoms with Gasteiger partial charge in [0.15, 0.2) is 5.65 Å². The van der Waals surface area contributed by atoms with Gasteiger partial charge >= 0.3 is 6.03 Å². The summed E-state index contributed by atoms with van der Waals surface area (Å²) >= 11 is 10.0. The fourth-order valence-corrected chi connectivity index (χ4v) is 5.35. The maximum Gasteiger partial charge on any atom is 0.319 e. The quantitative estimate of drug-likeness (QED) is 0.157. The Hall–Kier alpha value is -4.66. The minimum absolute atomic E-state index is 0.285. The van der Waals surface area contributed by atoms with Crippen molar-refractivity contribution in [2.75, 3.05) is 10.6 Å². The monoisotopic (exact) mass is 636 g/mol. The molecule has 0 radical (unpaired) electrons. The first-order chi connectivity index (χ1) is 20.5. The molecular formula is C33H26BrClN6O. The molecule has 3 N–H and O–H groups in total. The molecule has 4 aromatic carbocycles. The number of amides is 2. The second-order valence-corrected chi connectivity index (χ2v) is 10.9. The molecule has 2 heterocycles. The Morgan fingerprint density at radius 3 is 2.26 bits per heavy atom. The number of carbonyl (C=O) groups is 1. The fraction of sp³-hybridized carbons (Fsp3) is 0.0606. The summed E-state index contributed by atoms with van der Waals surface area (Å²) < 4.78 is 2.52. The topological polar surface area (TPSA) is 83.3 Å². The molecule has 6 aromatic rings. The van der Waals surface area contributed by atoms with Crippen LogP contribution in [0.3, 0.4) is 0 Å². The van der Waals surface area contributed by atoms with Crippen LogP contribution in [0.25, 0.3) is 16.9 Å². The highest BCUT2D eigenvalue weighted by molar-refractivity contribution is 9.10. The van der Waals surface area contributed by atoms with Gasteiger partial charge in [0.05, 0.1) is 22.4 Å². The van der Waals surface area contributed by atoms with Crippen molar-refractivity contribution >= 4 is 50.7 Å². The Balaban J connectivity index is 1.19. The number of benzene rings is 4. The van der Waals surface area contributed by atoms with Gasteiger partial charge in [-0.15, -0.1) is 0 Å². The van der Waals surface area contributed by atoms with Crippen LogP contribution in [0.15, 0.2) is 126 Å². The first kappa shape index (κ1) is 27.5. The van der Waals surface area contributed by atoms with Crippen molar-refractivity contribution in [1.29, 1.82) is 0 Å². The Kier molecular flexibility index (Phi) is 8.16. The summed E-state index contributed by atoms with van der Waals surface area (Å²) in [5.41, 5.74) is 5.91. The second-order valence-electron chi connectivity index (χ2n) is 9.64. The molecular weight excluding hydrogens is 612 g/mol. The zero-order chi connectivity index (χ0) is 28.9. The summed E-state index contributed by atoms with van der Waals surface area (Å²) in [5.74, 6) is 0.755. The average Bonchev–Trinajstić information content (AvgIpc) is 3.40. The molecule has 2 amide bonds. The SMILES string of the molecule is O=C(Nc1cccc(CNc2cc(-c3ccccc3Cl)nc3c(Br)cnn23)c1)NC(c1ccccc1)c1ccccc1. The van der Waals surface area contributed by atoms with E-state index in [1.807, 2.05) is 115 Å². The predicted octanol–water partition coefficient (Wildman–Crippen LogP) is 8.34. The van der Waals surface area contributed by atoms with Crippen LogP contribution in [0.5, 0.6) is 0 Å². The average molecular weight is 638 g/mol. The Morgan fingerprint density at radius 1 is 0.857 bits per heavy atom.